The number of hydrogen-bond acceptors (Lipinski definition) is 3. The lowest BCUT2D eigenvalue weighted by molar-refractivity contribution is 0.520. The number of thiazole rings is 1. The quantitative estimate of drug-likeness (QED) is 0.833. The zero-order valence-electron chi connectivity index (χ0n) is 10.7. The van der Waals surface area contributed by atoms with E-state index in [9.17, 15) is 0 Å². The molecule has 1 unspecified atom stereocenters. The third-order valence-corrected chi connectivity index (χ3v) is 4.37. The van der Waals surface area contributed by atoms with Gasteiger partial charge in [0.05, 0.1) is 27.3 Å². The van der Waals surface area contributed by atoms with Crippen molar-refractivity contribution in [1.29, 1.82) is 0 Å². The fraction of sp³-hybridized carbons (Fsp3) is 0.357. The van der Waals surface area contributed by atoms with Crippen LogP contribution >= 0.6 is 34.5 Å². The summed E-state index contributed by atoms with van der Waals surface area (Å²) in [6.07, 6.45) is 1.88. The lowest BCUT2D eigenvalue weighted by Gasteiger charge is -2.17. The van der Waals surface area contributed by atoms with Crippen LogP contribution in [0.5, 0.6) is 0 Å². The second-order valence-corrected chi connectivity index (χ2v) is 5.84. The predicted octanol–water partition coefficient (Wildman–Crippen LogP) is 4.73. The zero-order valence-corrected chi connectivity index (χ0v) is 13.0. The van der Waals surface area contributed by atoms with E-state index < -0.39 is 0 Å². The minimum atomic E-state index is 0.183. The van der Waals surface area contributed by atoms with Gasteiger partial charge in [0.2, 0.25) is 0 Å². The lowest BCUT2D eigenvalue weighted by Crippen LogP contribution is -2.24. The molecule has 0 aliphatic carbocycles. The minimum absolute atomic E-state index is 0.183. The van der Waals surface area contributed by atoms with Crippen LogP contribution in [0.3, 0.4) is 0 Å². The smallest absolute Gasteiger partial charge is 0.0795 e. The van der Waals surface area contributed by atoms with Gasteiger partial charge in [0.1, 0.15) is 0 Å². The van der Waals surface area contributed by atoms with E-state index in [-0.39, 0.29) is 6.04 Å². The van der Waals surface area contributed by atoms with Crippen molar-refractivity contribution in [2.24, 2.45) is 0 Å². The van der Waals surface area contributed by atoms with Gasteiger partial charge in [-0.3, -0.25) is 0 Å². The minimum Gasteiger partial charge on any atom is -0.308 e. The highest BCUT2D eigenvalue weighted by molar-refractivity contribution is 7.07. The summed E-state index contributed by atoms with van der Waals surface area (Å²) >= 11 is 13.9. The van der Waals surface area contributed by atoms with Crippen LogP contribution in [0.25, 0.3) is 0 Å². The molecule has 1 atom stereocenters. The van der Waals surface area contributed by atoms with Gasteiger partial charge in [-0.15, -0.1) is 11.3 Å². The average Bonchev–Trinajstić information content (AvgIpc) is 2.93. The van der Waals surface area contributed by atoms with E-state index in [0.717, 1.165) is 30.6 Å². The summed E-state index contributed by atoms with van der Waals surface area (Å²) in [7, 11) is 0. The average molecular weight is 315 g/mol. The summed E-state index contributed by atoms with van der Waals surface area (Å²) in [6.45, 7) is 3.11. The molecule has 0 aliphatic heterocycles. The Balaban J connectivity index is 2.18. The molecule has 2 nitrogen and oxygen atoms in total. The molecule has 0 amide bonds. The number of halogens is 2. The molecule has 0 aliphatic rings. The Morgan fingerprint density at radius 3 is 2.89 bits per heavy atom. The van der Waals surface area contributed by atoms with Crippen molar-refractivity contribution in [1.82, 2.24) is 10.3 Å². The van der Waals surface area contributed by atoms with Crippen LogP contribution in [-0.2, 0) is 6.42 Å². The predicted molar refractivity (Wildman–Crippen MR) is 83.3 cm³/mol. The SMILES string of the molecule is CCCNC(Cc1cccc(Cl)c1Cl)c1cscn1. The third-order valence-electron chi connectivity index (χ3n) is 2.90. The van der Waals surface area contributed by atoms with Gasteiger partial charge < -0.3 is 5.32 Å². The van der Waals surface area contributed by atoms with Gasteiger partial charge in [-0.1, -0.05) is 42.3 Å². The van der Waals surface area contributed by atoms with Crippen LogP contribution in [0.1, 0.15) is 30.6 Å². The molecule has 2 rings (SSSR count). The summed E-state index contributed by atoms with van der Waals surface area (Å²) in [5.41, 5.74) is 3.97. The van der Waals surface area contributed by atoms with Crippen molar-refractivity contribution in [2.75, 3.05) is 6.54 Å². The molecule has 0 fully saturated rings. The van der Waals surface area contributed by atoms with Gasteiger partial charge in [-0.25, -0.2) is 4.98 Å². The zero-order chi connectivity index (χ0) is 13.7. The number of nitrogens with one attached hydrogen (secondary N) is 1. The van der Waals surface area contributed by atoms with Crippen molar-refractivity contribution in [3.8, 4) is 0 Å². The van der Waals surface area contributed by atoms with Crippen LogP contribution in [0, 0.1) is 0 Å². The van der Waals surface area contributed by atoms with Gasteiger partial charge in [0, 0.05) is 5.38 Å². The number of aromatic nitrogens is 1. The Bertz CT molecular complexity index is 514. The summed E-state index contributed by atoms with van der Waals surface area (Å²) in [4.78, 5) is 4.40. The molecule has 2 aromatic rings. The Labute approximate surface area is 127 Å². The Morgan fingerprint density at radius 1 is 1.37 bits per heavy atom. The molecule has 1 aromatic heterocycles. The molecule has 1 heterocycles. The van der Waals surface area contributed by atoms with Crippen molar-refractivity contribution >= 4 is 34.5 Å². The van der Waals surface area contributed by atoms with Crippen LogP contribution in [0.2, 0.25) is 10.0 Å². The highest BCUT2D eigenvalue weighted by Gasteiger charge is 2.16. The summed E-state index contributed by atoms with van der Waals surface area (Å²) in [6, 6.07) is 5.94. The molecule has 1 N–H and O–H groups in total. The van der Waals surface area contributed by atoms with Gasteiger partial charge in [-0.2, -0.15) is 0 Å². The molecular weight excluding hydrogens is 299 g/mol. The van der Waals surface area contributed by atoms with E-state index in [1.807, 2.05) is 23.7 Å². The topological polar surface area (TPSA) is 24.9 Å². The monoisotopic (exact) mass is 314 g/mol. The third kappa shape index (κ3) is 3.93. The molecule has 0 spiro atoms. The number of hydrogen-bond donors (Lipinski definition) is 1. The second kappa shape index (κ2) is 7.25. The first-order chi connectivity index (χ1) is 9.22. The normalized spacial score (nSPS) is 12.6. The Kier molecular flexibility index (Phi) is 5.64. The van der Waals surface area contributed by atoms with Gasteiger partial charge in [-0.05, 0) is 31.0 Å². The number of nitrogens with zero attached hydrogens (tertiary/aromatic N) is 1. The fourth-order valence-electron chi connectivity index (χ4n) is 1.92. The molecule has 102 valence electrons. The standard InChI is InChI=1S/C14H16Cl2N2S/c1-2-6-17-12(13-8-19-9-18-13)7-10-4-3-5-11(15)14(10)16/h3-5,8-9,12,17H,2,6-7H2,1H3. The molecule has 0 saturated heterocycles. The first kappa shape index (κ1) is 14.8. The second-order valence-electron chi connectivity index (χ2n) is 4.34. The van der Waals surface area contributed by atoms with Gasteiger partial charge in [0.15, 0.2) is 0 Å². The van der Waals surface area contributed by atoms with Gasteiger partial charge >= 0.3 is 0 Å². The molecule has 5 heteroatoms. The molecule has 0 bridgehead atoms. The van der Waals surface area contributed by atoms with Crippen LogP contribution in [0.4, 0.5) is 0 Å². The van der Waals surface area contributed by atoms with E-state index in [1.54, 1.807) is 11.3 Å². The summed E-state index contributed by atoms with van der Waals surface area (Å²) in [5.74, 6) is 0. The number of benzene rings is 1. The summed E-state index contributed by atoms with van der Waals surface area (Å²) in [5, 5.41) is 6.83. The molecule has 1 aromatic carbocycles. The van der Waals surface area contributed by atoms with Crippen molar-refractivity contribution in [2.45, 2.75) is 25.8 Å². The lowest BCUT2D eigenvalue weighted by atomic mass is 10.0. The van der Waals surface area contributed by atoms with E-state index >= 15 is 0 Å². The maximum absolute atomic E-state index is 6.26. The Morgan fingerprint density at radius 2 is 2.21 bits per heavy atom. The largest absolute Gasteiger partial charge is 0.308 e. The fourth-order valence-corrected chi connectivity index (χ4v) is 2.93. The highest BCUT2D eigenvalue weighted by Crippen LogP contribution is 2.29. The van der Waals surface area contributed by atoms with Crippen LogP contribution in [-0.4, -0.2) is 11.5 Å². The molecule has 0 saturated carbocycles. The van der Waals surface area contributed by atoms with Crippen molar-refractivity contribution < 1.29 is 0 Å². The molecule has 0 radical (unpaired) electrons. The summed E-state index contributed by atoms with van der Waals surface area (Å²) < 4.78 is 0. The maximum atomic E-state index is 6.26. The van der Waals surface area contributed by atoms with Crippen LogP contribution in [0.15, 0.2) is 29.1 Å². The Hall–Kier alpha value is -0.610. The van der Waals surface area contributed by atoms with Crippen LogP contribution < -0.4 is 5.32 Å². The van der Waals surface area contributed by atoms with E-state index in [4.69, 9.17) is 23.2 Å². The van der Waals surface area contributed by atoms with E-state index in [0.29, 0.717) is 10.0 Å². The first-order valence-electron chi connectivity index (χ1n) is 6.26. The maximum Gasteiger partial charge on any atom is 0.0795 e. The van der Waals surface area contributed by atoms with Crippen molar-refractivity contribution in [3.05, 3.63) is 50.4 Å². The van der Waals surface area contributed by atoms with Crippen molar-refractivity contribution in [3.63, 3.8) is 0 Å². The van der Waals surface area contributed by atoms with E-state index in [2.05, 4.69) is 22.6 Å². The molecular formula is C14H16Cl2N2S. The molecule has 19 heavy (non-hydrogen) atoms. The van der Waals surface area contributed by atoms with E-state index in [1.165, 1.54) is 0 Å². The van der Waals surface area contributed by atoms with Gasteiger partial charge in [0.25, 0.3) is 0 Å². The highest BCUT2D eigenvalue weighted by atomic mass is 35.5. The first-order valence-corrected chi connectivity index (χ1v) is 7.96. The number of rotatable bonds is 6.